The highest BCUT2D eigenvalue weighted by atomic mass is 16.3. The predicted molar refractivity (Wildman–Crippen MR) is 239 cm³/mol. The van der Waals surface area contributed by atoms with Gasteiger partial charge in [0.25, 0.3) is 0 Å². The third-order valence-corrected chi connectivity index (χ3v) is 12.2. The average molecular weight is 758 g/mol. The van der Waals surface area contributed by atoms with Crippen molar-refractivity contribution in [3.63, 3.8) is 0 Å². The first-order valence-electron chi connectivity index (χ1n) is 20.0. The monoisotopic (exact) mass is 757 g/mol. The van der Waals surface area contributed by atoms with E-state index in [0.717, 1.165) is 77.3 Å². The second-order valence-electron chi connectivity index (χ2n) is 16.0. The van der Waals surface area contributed by atoms with E-state index >= 15 is 0 Å². The van der Waals surface area contributed by atoms with Crippen molar-refractivity contribution in [3.05, 3.63) is 187 Å². The number of fused-ring (bicyclic) bond motifs is 9. The molecule has 0 saturated carbocycles. The number of hydrogen-bond acceptors (Lipinski definition) is 5. The van der Waals surface area contributed by atoms with Gasteiger partial charge in [0.05, 0.1) is 0 Å². The molecule has 0 aliphatic heterocycles. The predicted octanol–water partition coefficient (Wildman–Crippen LogP) is 14.3. The minimum atomic E-state index is -0.0939. The molecular formula is C54H35N3O2. The van der Waals surface area contributed by atoms with Crippen LogP contribution < -0.4 is 0 Å². The summed E-state index contributed by atoms with van der Waals surface area (Å²) >= 11 is 0. The molecule has 5 heteroatoms. The summed E-state index contributed by atoms with van der Waals surface area (Å²) in [5, 5.41) is 3.96. The molecule has 0 spiro atoms. The van der Waals surface area contributed by atoms with Gasteiger partial charge < -0.3 is 8.83 Å². The van der Waals surface area contributed by atoms with Crippen LogP contribution in [0.25, 0.3) is 111 Å². The van der Waals surface area contributed by atoms with Gasteiger partial charge in [0.2, 0.25) is 0 Å². The minimum absolute atomic E-state index is 0.0939. The van der Waals surface area contributed by atoms with Gasteiger partial charge in [0.15, 0.2) is 17.5 Å². The molecule has 0 atom stereocenters. The average Bonchev–Trinajstić information content (AvgIpc) is 3.94. The number of furan rings is 2. The van der Waals surface area contributed by atoms with Gasteiger partial charge in [-0.1, -0.05) is 147 Å². The van der Waals surface area contributed by atoms with E-state index in [4.69, 9.17) is 23.8 Å². The van der Waals surface area contributed by atoms with Crippen LogP contribution in [0.2, 0.25) is 0 Å². The zero-order valence-corrected chi connectivity index (χ0v) is 32.4. The van der Waals surface area contributed by atoms with Gasteiger partial charge in [0.1, 0.15) is 22.3 Å². The molecule has 0 N–H and O–H groups in total. The van der Waals surface area contributed by atoms with Crippen LogP contribution in [-0.4, -0.2) is 15.0 Å². The van der Waals surface area contributed by atoms with Gasteiger partial charge in [-0.05, 0) is 87.0 Å². The van der Waals surface area contributed by atoms with Crippen molar-refractivity contribution in [2.24, 2.45) is 0 Å². The smallest absolute Gasteiger partial charge is 0.164 e. The Morgan fingerprint density at radius 2 is 0.864 bits per heavy atom. The SMILES string of the molecule is CC1(C)c2ccccc2-c2ccc(-c3ccc4oc5cccc(-c6nc(-c7cccc(-c8ccccc8)c7)nc(-c7cccc8oc9ccccc9c78)n6)c5c4c3)cc21. The fourth-order valence-corrected chi connectivity index (χ4v) is 9.25. The summed E-state index contributed by atoms with van der Waals surface area (Å²) in [5.41, 5.74) is 15.6. The van der Waals surface area contributed by atoms with Gasteiger partial charge in [-0.3, -0.25) is 0 Å². The molecule has 278 valence electrons. The third kappa shape index (κ3) is 5.21. The lowest BCUT2D eigenvalue weighted by Crippen LogP contribution is -2.14. The van der Waals surface area contributed by atoms with Gasteiger partial charge in [-0.15, -0.1) is 0 Å². The Morgan fingerprint density at radius 1 is 0.339 bits per heavy atom. The zero-order chi connectivity index (χ0) is 39.2. The van der Waals surface area contributed by atoms with Crippen molar-refractivity contribution in [1.82, 2.24) is 15.0 Å². The van der Waals surface area contributed by atoms with Crippen LogP contribution >= 0.6 is 0 Å². The Balaban J connectivity index is 1.06. The summed E-state index contributed by atoms with van der Waals surface area (Å²) in [6, 6.07) is 61.3. The molecule has 0 unspecified atom stereocenters. The molecule has 3 heterocycles. The number of benzene rings is 8. The Labute approximate surface area is 340 Å². The standard InChI is InChI=1S/C54H35N3O2/c1-54(2)43-21-8-6-17-37(43)38-27-25-35(31-44(38)54)34-26-28-46-42(30-34)50-41(20-12-24-48(50)59-46)53-56-51(36-16-10-15-33(29-36)32-13-4-3-5-14-32)55-52(57-53)40-19-11-23-47-49(40)39-18-7-9-22-45(39)58-47/h3-31H,1-2H3. The summed E-state index contributed by atoms with van der Waals surface area (Å²) < 4.78 is 12.9. The maximum absolute atomic E-state index is 6.56. The summed E-state index contributed by atoms with van der Waals surface area (Å²) in [5.74, 6) is 1.72. The van der Waals surface area contributed by atoms with Crippen molar-refractivity contribution >= 4 is 43.9 Å². The lowest BCUT2D eigenvalue weighted by molar-refractivity contribution is 0.660. The Bertz CT molecular complexity index is 3480. The van der Waals surface area contributed by atoms with Crippen LogP contribution in [0.15, 0.2) is 185 Å². The molecule has 8 aromatic carbocycles. The molecule has 5 nitrogen and oxygen atoms in total. The quantitative estimate of drug-likeness (QED) is 0.175. The minimum Gasteiger partial charge on any atom is -0.456 e. The molecule has 0 fully saturated rings. The molecule has 0 saturated heterocycles. The van der Waals surface area contributed by atoms with Crippen molar-refractivity contribution in [2.75, 3.05) is 0 Å². The summed E-state index contributed by atoms with van der Waals surface area (Å²) in [7, 11) is 0. The molecule has 1 aliphatic carbocycles. The Kier molecular flexibility index (Phi) is 7.20. The lowest BCUT2D eigenvalue weighted by Gasteiger charge is -2.22. The molecule has 1 aliphatic rings. The third-order valence-electron chi connectivity index (χ3n) is 12.2. The molecule has 12 rings (SSSR count). The van der Waals surface area contributed by atoms with Crippen molar-refractivity contribution in [1.29, 1.82) is 0 Å². The second kappa shape index (κ2) is 12.7. The summed E-state index contributed by atoms with van der Waals surface area (Å²) in [6.07, 6.45) is 0. The van der Waals surface area contributed by atoms with Crippen LogP contribution in [0, 0.1) is 0 Å². The number of nitrogens with zero attached hydrogens (tertiary/aromatic N) is 3. The highest BCUT2D eigenvalue weighted by Crippen LogP contribution is 2.50. The fraction of sp³-hybridized carbons (Fsp3) is 0.0556. The molecule has 11 aromatic rings. The fourth-order valence-electron chi connectivity index (χ4n) is 9.25. The maximum atomic E-state index is 6.56. The first-order valence-corrected chi connectivity index (χ1v) is 20.0. The van der Waals surface area contributed by atoms with E-state index < -0.39 is 0 Å². The van der Waals surface area contributed by atoms with Crippen LogP contribution in [0.5, 0.6) is 0 Å². The Hall–Kier alpha value is -7.63. The van der Waals surface area contributed by atoms with Gasteiger partial charge in [0, 0.05) is 43.7 Å². The number of rotatable bonds is 5. The molecule has 0 amide bonds. The van der Waals surface area contributed by atoms with Crippen LogP contribution in [0.3, 0.4) is 0 Å². The van der Waals surface area contributed by atoms with E-state index in [1.165, 1.54) is 27.8 Å². The molecule has 0 radical (unpaired) electrons. The van der Waals surface area contributed by atoms with Crippen molar-refractivity contribution in [2.45, 2.75) is 19.3 Å². The normalized spacial score (nSPS) is 13.1. The summed E-state index contributed by atoms with van der Waals surface area (Å²) in [4.78, 5) is 15.8. The number of para-hydroxylation sites is 1. The van der Waals surface area contributed by atoms with E-state index in [2.05, 4.69) is 141 Å². The van der Waals surface area contributed by atoms with Crippen LogP contribution in [0.4, 0.5) is 0 Å². The van der Waals surface area contributed by atoms with Crippen LogP contribution in [0.1, 0.15) is 25.0 Å². The van der Waals surface area contributed by atoms with E-state index in [-0.39, 0.29) is 5.41 Å². The highest BCUT2D eigenvalue weighted by molar-refractivity contribution is 6.14. The highest BCUT2D eigenvalue weighted by Gasteiger charge is 2.35. The molecule has 0 bridgehead atoms. The van der Waals surface area contributed by atoms with E-state index in [1.54, 1.807) is 0 Å². The van der Waals surface area contributed by atoms with Crippen molar-refractivity contribution < 1.29 is 8.83 Å². The second-order valence-corrected chi connectivity index (χ2v) is 16.0. The lowest BCUT2D eigenvalue weighted by atomic mass is 9.81. The zero-order valence-electron chi connectivity index (χ0n) is 32.4. The molecule has 3 aromatic heterocycles. The first-order chi connectivity index (χ1) is 29.0. The number of hydrogen-bond donors (Lipinski definition) is 0. The first kappa shape index (κ1) is 33.5. The van der Waals surface area contributed by atoms with E-state index in [9.17, 15) is 0 Å². The van der Waals surface area contributed by atoms with Crippen molar-refractivity contribution in [3.8, 4) is 67.5 Å². The van der Waals surface area contributed by atoms with E-state index in [0.29, 0.717) is 17.5 Å². The van der Waals surface area contributed by atoms with Gasteiger partial charge in [-0.2, -0.15) is 0 Å². The topological polar surface area (TPSA) is 65.0 Å². The van der Waals surface area contributed by atoms with Crippen LogP contribution in [-0.2, 0) is 5.41 Å². The van der Waals surface area contributed by atoms with E-state index in [1.807, 2.05) is 48.5 Å². The molecule has 59 heavy (non-hydrogen) atoms. The number of aromatic nitrogens is 3. The van der Waals surface area contributed by atoms with Gasteiger partial charge >= 0.3 is 0 Å². The largest absolute Gasteiger partial charge is 0.456 e. The maximum Gasteiger partial charge on any atom is 0.164 e. The van der Waals surface area contributed by atoms with Gasteiger partial charge in [-0.25, -0.2) is 15.0 Å². The summed E-state index contributed by atoms with van der Waals surface area (Å²) in [6.45, 7) is 4.65. The molecular weight excluding hydrogens is 723 g/mol. The Morgan fingerprint density at radius 3 is 1.66 bits per heavy atom.